The van der Waals surface area contributed by atoms with Gasteiger partial charge in [-0.25, -0.2) is 13.8 Å². The minimum Gasteiger partial charge on any atom is -0.369 e. The Hall–Kier alpha value is -3.86. The summed E-state index contributed by atoms with van der Waals surface area (Å²) in [6.07, 6.45) is 3.55. The van der Waals surface area contributed by atoms with Gasteiger partial charge in [0.2, 0.25) is 5.91 Å². The quantitative estimate of drug-likeness (QED) is 0.356. The van der Waals surface area contributed by atoms with Gasteiger partial charge in [-0.15, -0.1) is 0 Å². The normalized spacial score (nSPS) is 11.7. The van der Waals surface area contributed by atoms with E-state index in [2.05, 4.69) is 26.0 Å². The predicted octanol–water partition coefficient (Wildman–Crippen LogP) is 1.61. The standard InChI is InChI=1S/C23H27F2N7O2/c1-14(30-20(33)10-26)11-28-23(34)18-9-19(25)21(16-12-29-32(2)13-16)31-22(18)27-7-6-15-4-3-5-17(24)8-15/h3-5,8-9,12-14H,6-7,10-11,26H2,1-2H3,(H,27,31)(H,28,34)(H,30,33)/t14-/m1/s1. The number of anilines is 1. The molecule has 2 heterocycles. The molecule has 0 saturated carbocycles. The van der Waals surface area contributed by atoms with Gasteiger partial charge in [-0.2, -0.15) is 5.10 Å². The zero-order valence-corrected chi connectivity index (χ0v) is 18.9. The van der Waals surface area contributed by atoms with E-state index >= 15 is 0 Å². The molecule has 180 valence electrons. The molecule has 2 aromatic heterocycles. The Balaban J connectivity index is 1.80. The molecule has 11 heteroatoms. The highest BCUT2D eigenvalue weighted by atomic mass is 19.1. The van der Waals surface area contributed by atoms with Crippen molar-refractivity contribution in [2.45, 2.75) is 19.4 Å². The molecular formula is C23H27F2N7O2. The number of nitrogens with two attached hydrogens (primary N) is 1. The van der Waals surface area contributed by atoms with Crippen molar-refractivity contribution in [3.63, 3.8) is 0 Å². The number of benzene rings is 1. The number of carbonyl (C=O) groups excluding carboxylic acids is 2. The van der Waals surface area contributed by atoms with Crippen LogP contribution in [-0.2, 0) is 18.3 Å². The molecule has 0 bridgehead atoms. The van der Waals surface area contributed by atoms with Crippen LogP contribution in [0.5, 0.6) is 0 Å². The monoisotopic (exact) mass is 471 g/mol. The molecule has 0 saturated heterocycles. The van der Waals surface area contributed by atoms with Gasteiger partial charge in [0.25, 0.3) is 5.91 Å². The fraction of sp³-hybridized carbons (Fsp3) is 0.304. The number of nitrogens with zero attached hydrogens (tertiary/aromatic N) is 3. The van der Waals surface area contributed by atoms with Gasteiger partial charge in [-0.3, -0.25) is 14.3 Å². The Morgan fingerprint density at radius 3 is 2.71 bits per heavy atom. The Bertz CT molecular complexity index is 1170. The van der Waals surface area contributed by atoms with Gasteiger partial charge in [-0.1, -0.05) is 12.1 Å². The SMILES string of the molecule is C[C@H](CNC(=O)c1cc(F)c(-c2cnn(C)c2)nc1NCCc1cccc(F)c1)NC(=O)CN. The third kappa shape index (κ3) is 6.58. The van der Waals surface area contributed by atoms with Crippen LogP contribution in [0.3, 0.4) is 0 Å². The van der Waals surface area contributed by atoms with Crippen LogP contribution in [0, 0.1) is 11.6 Å². The molecule has 0 unspecified atom stereocenters. The molecule has 0 spiro atoms. The number of halogens is 2. The fourth-order valence-electron chi connectivity index (χ4n) is 3.29. The van der Waals surface area contributed by atoms with Crippen molar-refractivity contribution in [2.75, 3.05) is 25.0 Å². The number of rotatable bonds is 10. The molecular weight excluding hydrogens is 444 g/mol. The molecule has 3 aromatic rings. The van der Waals surface area contributed by atoms with E-state index < -0.39 is 11.7 Å². The summed E-state index contributed by atoms with van der Waals surface area (Å²) < 4.78 is 29.9. The molecule has 0 aliphatic carbocycles. The number of aromatic nitrogens is 3. The van der Waals surface area contributed by atoms with Crippen LogP contribution in [0.1, 0.15) is 22.8 Å². The number of aryl methyl sites for hydroxylation is 1. The first-order chi connectivity index (χ1) is 16.3. The van der Waals surface area contributed by atoms with Gasteiger partial charge < -0.3 is 21.7 Å². The van der Waals surface area contributed by atoms with Gasteiger partial charge in [-0.05, 0) is 37.1 Å². The summed E-state index contributed by atoms with van der Waals surface area (Å²) >= 11 is 0. The number of carbonyl (C=O) groups is 2. The lowest BCUT2D eigenvalue weighted by atomic mass is 10.1. The topological polar surface area (TPSA) is 127 Å². The van der Waals surface area contributed by atoms with Crippen LogP contribution in [0.25, 0.3) is 11.3 Å². The molecule has 0 aliphatic heterocycles. The van der Waals surface area contributed by atoms with Crippen molar-refractivity contribution in [2.24, 2.45) is 12.8 Å². The second-order valence-corrected chi connectivity index (χ2v) is 7.81. The molecule has 2 amide bonds. The molecule has 1 aromatic carbocycles. The second-order valence-electron chi connectivity index (χ2n) is 7.81. The summed E-state index contributed by atoms with van der Waals surface area (Å²) in [4.78, 5) is 28.6. The van der Waals surface area contributed by atoms with E-state index in [1.165, 1.54) is 23.0 Å². The van der Waals surface area contributed by atoms with Gasteiger partial charge in [0, 0.05) is 37.9 Å². The van der Waals surface area contributed by atoms with Crippen molar-refractivity contribution in [1.82, 2.24) is 25.4 Å². The highest BCUT2D eigenvalue weighted by Gasteiger charge is 2.20. The summed E-state index contributed by atoms with van der Waals surface area (Å²) in [7, 11) is 1.70. The third-order valence-corrected chi connectivity index (χ3v) is 4.96. The van der Waals surface area contributed by atoms with Crippen molar-refractivity contribution >= 4 is 17.6 Å². The predicted molar refractivity (Wildman–Crippen MR) is 124 cm³/mol. The van der Waals surface area contributed by atoms with Gasteiger partial charge >= 0.3 is 0 Å². The number of hydrogen-bond donors (Lipinski definition) is 4. The Morgan fingerprint density at radius 2 is 2.03 bits per heavy atom. The van der Waals surface area contributed by atoms with Crippen LogP contribution in [-0.4, -0.2) is 52.3 Å². The molecule has 1 atom stereocenters. The van der Waals surface area contributed by atoms with E-state index in [0.717, 1.165) is 11.6 Å². The maximum atomic E-state index is 14.9. The summed E-state index contributed by atoms with van der Waals surface area (Å²) in [5.41, 5.74) is 6.54. The summed E-state index contributed by atoms with van der Waals surface area (Å²) in [5.74, 6) is -1.76. The molecule has 9 nitrogen and oxygen atoms in total. The Morgan fingerprint density at radius 1 is 1.24 bits per heavy atom. The smallest absolute Gasteiger partial charge is 0.255 e. The zero-order chi connectivity index (χ0) is 24.7. The Labute approximate surface area is 195 Å². The maximum Gasteiger partial charge on any atom is 0.255 e. The first-order valence-electron chi connectivity index (χ1n) is 10.7. The van der Waals surface area contributed by atoms with Gasteiger partial charge in [0.1, 0.15) is 17.3 Å². The average Bonchev–Trinajstić information content (AvgIpc) is 3.24. The largest absolute Gasteiger partial charge is 0.369 e. The van der Waals surface area contributed by atoms with Crippen LogP contribution in [0.4, 0.5) is 14.6 Å². The van der Waals surface area contributed by atoms with Crippen LogP contribution in [0.2, 0.25) is 0 Å². The average molecular weight is 472 g/mol. The van der Waals surface area contributed by atoms with Crippen molar-refractivity contribution in [1.29, 1.82) is 0 Å². The zero-order valence-electron chi connectivity index (χ0n) is 18.9. The lowest BCUT2D eigenvalue weighted by Crippen LogP contribution is -2.44. The highest BCUT2D eigenvalue weighted by molar-refractivity contribution is 5.99. The maximum absolute atomic E-state index is 14.9. The molecule has 5 N–H and O–H groups in total. The van der Waals surface area contributed by atoms with Crippen molar-refractivity contribution < 1.29 is 18.4 Å². The van der Waals surface area contributed by atoms with E-state index in [4.69, 9.17) is 5.73 Å². The molecule has 0 fully saturated rings. The van der Waals surface area contributed by atoms with Crippen LogP contribution in [0.15, 0.2) is 42.7 Å². The van der Waals surface area contributed by atoms with Crippen LogP contribution >= 0.6 is 0 Å². The fourth-order valence-corrected chi connectivity index (χ4v) is 3.29. The lowest BCUT2D eigenvalue weighted by Gasteiger charge is -2.16. The van der Waals surface area contributed by atoms with Crippen molar-refractivity contribution in [3.05, 3.63) is 65.5 Å². The first kappa shape index (κ1) is 24.8. The summed E-state index contributed by atoms with van der Waals surface area (Å²) in [6, 6.07) is 6.91. The Kier molecular flexibility index (Phi) is 8.25. The van der Waals surface area contributed by atoms with E-state index in [0.29, 0.717) is 18.5 Å². The number of hydrogen-bond acceptors (Lipinski definition) is 6. The van der Waals surface area contributed by atoms with E-state index in [1.54, 1.807) is 32.3 Å². The summed E-state index contributed by atoms with van der Waals surface area (Å²) in [6.45, 7) is 1.98. The number of nitrogens with one attached hydrogen (secondary N) is 3. The van der Waals surface area contributed by atoms with Crippen LogP contribution < -0.4 is 21.7 Å². The third-order valence-electron chi connectivity index (χ3n) is 4.96. The summed E-state index contributed by atoms with van der Waals surface area (Å²) in [5, 5.41) is 12.4. The second kappa shape index (κ2) is 11.3. The molecule has 3 rings (SSSR count). The van der Waals surface area contributed by atoms with E-state index in [-0.39, 0.29) is 47.9 Å². The highest BCUT2D eigenvalue weighted by Crippen LogP contribution is 2.25. The molecule has 34 heavy (non-hydrogen) atoms. The first-order valence-corrected chi connectivity index (χ1v) is 10.7. The van der Waals surface area contributed by atoms with E-state index in [1.807, 2.05) is 0 Å². The van der Waals surface area contributed by atoms with Gasteiger partial charge in [0.15, 0.2) is 5.82 Å². The lowest BCUT2D eigenvalue weighted by molar-refractivity contribution is -0.120. The number of amides is 2. The van der Waals surface area contributed by atoms with Crippen molar-refractivity contribution in [3.8, 4) is 11.3 Å². The van der Waals surface area contributed by atoms with Gasteiger partial charge in [0.05, 0.1) is 18.3 Å². The molecule has 0 aliphatic rings. The number of pyridine rings is 1. The van der Waals surface area contributed by atoms with E-state index in [9.17, 15) is 18.4 Å². The minimum absolute atomic E-state index is 0.00161. The minimum atomic E-state index is -0.682. The molecule has 0 radical (unpaired) electrons.